The van der Waals surface area contributed by atoms with Gasteiger partial charge in [0, 0.05) is 24.6 Å². The number of ether oxygens (including phenoxy) is 2. The van der Waals surface area contributed by atoms with Crippen molar-refractivity contribution in [1.82, 2.24) is 0 Å². The molecule has 0 radical (unpaired) electrons. The highest BCUT2D eigenvalue weighted by atomic mass is 127. The number of aliphatic hydroxyl groups is 1. The van der Waals surface area contributed by atoms with E-state index in [2.05, 4.69) is 10.3 Å². The lowest BCUT2D eigenvalue weighted by Gasteiger charge is -2.12. The highest BCUT2D eigenvalue weighted by molar-refractivity contribution is 14.0. The van der Waals surface area contributed by atoms with Crippen LogP contribution in [0.1, 0.15) is 12.0 Å². The molecular weight excluding hydrogens is 445 g/mol. The van der Waals surface area contributed by atoms with Gasteiger partial charge >= 0.3 is 0 Å². The molecule has 0 spiro atoms. The predicted octanol–water partition coefficient (Wildman–Crippen LogP) is 2.80. The molecule has 0 fully saturated rings. The van der Waals surface area contributed by atoms with Crippen LogP contribution in [0.15, 0.2) is 53.5 Å². The Morgan fingerprint density at radius 3 is 2.62 bits per heavy atom. The highest BCUT2D eigenvalue weighted by Gasteiger charge is 2.11. The van der Waals surface area contributed by atoms with E-state index in [4.69, 9.17) is 15.2 Å². The summed E-state index contributed by atoms with van der Waals surface area (Å²) in [4.78, 5) is 4.21. The van der Waals surface area contributed by atoms with Crippen molar-refractivity contribution in [2.45, 2.75) is 18.9 Å². The molecule has 2 aromatic carbocycles. The van der Waals surface area contributed by atoms with Crippen molar-refractivity contribution in [1.29, 1.82) is 0 Å². The van der Waals surface area contributed by atoms with E-state index in [1.807, 2.05) is 48.5 Å². The minimum atomic E-state index is -0.577. The van der Waals surface area contributed by atoms with Crippen LogP contribution in [0, 0.1) is 0 Å². The first kappa shape index (κ1) is 20.3. The van der Waals surface area contributed by atoms with E-state index in [0.717, 1.165) is 23.4 Å². The monoisotopic (exact) mass is 469 g/mol. The van der Waals surface area contributed by atoms with Crippen LogP contribution in [0.3, 0.4) is 0 Å². The van der Waals surface area contributed by atoms with Gasteiger partial charge in [0.05, 0.1) is 25.9 Å². The Kier molecular flexibility index (Phi) is 7.99. The number of anilines is 1. The van der Waals surface area contributed by atoms with E-state index >= 15 is 0 Å². The largest absolute Gasteiger partial charge is 0.490 e. The zero-order chi connectivity index (χ0) is 17.5. The van der Waals surface area contributed by atoms with Gasteiger partial charge in [-0.1, -0.05) is 30.3 Å². The minimum absolute atomic E-state index is 0. The van der Waals surface area contributed by atoms with E-state index in [1.165, 1.54) is 0 Å². The Morgan fingerprint density at radius 2 is 1.85 bits per heavy atom. The molecule has 1 heterocycles. The smallest absolute Gasteiger partial charge is 0.193 e. The van der Waals surface area contributed by atoms with E-state index < -0.39 is 6.10 Å². The molecule has 0 amide bonds. The Labute approximate surface area is 170 Å². The second-order valence-electron chi connectivity index (χ2n) is 5.91. The normalized spacial score (nSPS) is 14.7. The number of guanidine groups is 1. The topological polar surface area (TPSA) is 89.1 Å². The van der Waals surface area contributed by atoms with Crippen LogP contribution in [0.4, 0.5) is 5.69 Å². The standard InChI is InChI=1S/C19H23N3O3.HI/c20-19(21-13-16(23)11-14-5-2-1-3-6-14)22-15-7-8-17-18(12-15)25-10-4-9-24-17;/h1-3,5-8,12,16,23H,4,9-11,13H2,(H3,20,21,22);1H. The molecule has 1 atom stereocenters. The molecule has 4 N–H and O–H groups in total. The molecule has 0 bridgehead atoms. The number of nitrogens with one attached hydrogen (secondary N) is 1. The maximum atomic E-state index is 10.1. The molecule has 1 aliphatic heterocycles. The van der Waals surface area contributed by atoms with Crippen LogP contribution in [-0.4, -0.2) is 36.9 Å². The summed E-state index contributed by atoms with van der Waals surface area (Å²) in [7, 11) is 0. The summed E-state index contributed by atoms with van der Waals surface area (Å²) in [6, 6.07) is 15.3. The number of benzene rings is 2. The van der Waals surface area contributed by atoms with Gasteiger partial charge in [0.15, 0.2) is 17.5 Å². The minimum Gasteiger partial charge on any atom is -0.490 e. The van der Waals surface area contributed by atoms with Gasteiger partial charge in [-0.05, 0) is 17.7 Å². The van der Waals surface area contributed by atoms with Gasteiger partial charge in [0.2, 0.25) is 0 Å². The van der Waals surface area contributed by atoms with E-state index in [-0.39, 0.29) is 36.5 Å². The van der Waals surface area contributed by atoms with E-state index in [9.17, 15) is 5.11 Å². The average Bonchev–Trinajstić information content (AvgIpc) is 2.86. The van der Waals surface area contributed by atoms with Crippen LogP contribution < -0.4 is 20.5 Å². The Morgan fingerprint density at radius 1 is 1.12 bits per heavy atom. The molecule has 26 heavy (non-hydrogen) atoms. The van der Waals surface area contributed by atoms with Crippen molar-refractivity contribution in [3.05, 3.63) is 54.1 Å². The lowest BCUT2D eigenvalue weighted by molar-refractivity contribution is 0.184. The summed E-state index contributed by atoms with van der Waals surface area (Å²) in [5.41, 5.74) is 7.75. The molecule has 140 valence electrons. The summed E-state index contributed by atoms with van der Waals surface area (Å²) >= 11 is 0. The Balaban J connectivity index is 0.00000243. The molecule has 1 unspecified atom stereocenters. The molecule has 1 aliphatic rings. The third kappa shape index (κ3) is 6.06. The maximum absolute atomic E-state index is 10.1. The number of aliphatic imine (C=N–C) groups is 1. The van der Waals surface area contributed by atoms with Gasteiger partial charge in [-0.25, -0.2) is 0 Å². The average molecular weight is 469 g/mol. The molecule has 0 aliphatic carbocycles. The third-order valence-corrected chi connectivity index (χ3v) is 3.81. The van der Waals surface area contributed by atoms with Gasteiger partial charge in [0.1, 0.15) is 0 Å². The van der Waals surface area contributed by atoms with Crippen molar-refractivity contribution in [3.63, 3.8) is 0 Å². The molecular formula is C19H24IN3O3. The van der Waals surface area contributed by atoms with Crippen molar-refractivity contribution < 1.29 is 14.6 Å². The number of nitrogens with two attached hydrogens (primary N) is 1. The number of aliphatic hydroxyl groups excluding tert-OH is 1. The summed E-state index contributed by atoms with van der Waals surface area (Å²) < 4.78 is 11.2. The quantitative estimate of drug-likeness (QED) is 0.356. The Bertz CT molecular complexity index is 725. The predicted molar refractivity (Wildman–Crippen MR) is 114 cm³/mol. The van der Waals surface area contributed by atoms with Gasteiger partial charge in [-0.15, -0.1) is 24.0 Å². The Hall–Kier alpha value is -2.00. The van der Waals surface area contributed by atoms with Crippen molar-refractivity contribution in [2.24, 2.45) is 10.7 Å². The second-order valence-corrected chi connectivity index (χ2v) is 5.91. The summed E-state index contributed by atoms with van der Waals surface area (Å²) in [6.45, 7) is 1.52. The molecule has 7 heteroatoms. The van der Waals surface area contributed by atoms with Crippen molar-refractivity contribution in [3.8, 4) is 11.5 Å². The number of nitrogens with zero attached hydrogens (tertiary/aromatic N) is 1. The maximum Gasteiger partial charge on any atom is 0.193 e. The van der Waals surface area contributed by atoms with Crippen LogP contribution in [0.25, 0.3) is 0 Å². The van der Waals surface area contributed by atoms with E-state index in [0.29, 0.717) is 25.4 Å². The van der Waals surface area contributed by atoms with E-state index in [1.54, 1.807) is 0 Å². The first-order valence-electron chi connectivity index (χ1n) is 8.39. The van der Waals surface area contributed by atoms with Crippen LogP contribution >= 0.6 is 24.0 Å². The SMILES string of the molecule is I.NC(=NCC(O)Cc1ccccc1)Nc1ccc2c(c1)OCCCO2. The van der Waals surface area contributed by atoms with Crippen LogP contribution in [0.2, 0.25) is 0 Å². The molecule has 3 rings (SSSR count). The molecule has 0 saturated carbocycles. The molecule has 2 aromatic rings. The first-order valence-corrected chi connectivity index (χ1v) is 8.39. The lowest BCUT2D eigenvalue weighted by atomic mass is 10.1. The van der Waals surface area contributed by atoms with Crippen molar-refractivity contribution in [2.75, 3.05) is 25.1 Å². The fraction of sp³-hybridized carbons (Fsp3) is 0.316. The first-order chi connectivity index (χ1) is 12.2. The number of hydrogen-bond donors (Lipinski definition) is 3. The van der Waals surface area contributed by atoms with Gasteiger partial charge < -0.3 is 25.6 Å². The van der Waals surface area contributed by atoms with Gasteiger partial charge in [-0.3, -0.25) is 4.99 Å². The fourth-order valence-electron chi connectivity index (χ4n) is 2.58. The van der Waals surface area contributed by atoms with Crippen LogP contribution in [0.5, 0.6) is 11.5 Å². The molecule has 0 aromatic heterocycles. The fourth-order valence-corrected chi connectivity index (χ4v) is 2.58. The summed E-state index contributed by atoms with van der Waals surface area (Å²) in [5.74, 6) is 1.68. The number of fused-ring (bicyclic) bond motifs is 1. The second kappa shape index (κ2) is 10.2. The number of halogens is 1. The van der Waals surface area contributed by atoms with Crippen LogP contribution in [-0.2, 0) is 6.42 Å². The van der Waals surface area contributed by atoms with Crippen molar-refractivity contribution >= 4 is 35.6 Å². The zero-order valence-electron chi connectivity index (χ0n) is 14.4. The molecule has 6 nitrogen and oxygen atoms in total. The molecule has 0 saturated heterocycles. The van der Waals surface area contributed by atoms with Gasteiger partial charge in [0.25, 0.3) is 0 Å². The number of rotatable bonds is 5. The highest BCUT2D eigenvalue weighted by Crippen LogP contribution is 2.32. The summed E-state index contributed by atoms with van der Waals surface area (Å²) in [5, 5.41) is 13.1. The number of hydrogen-bond acceptors (Lipinski definition) is 4. The lowest BCUT2D eigenvalue weighted by Crippen LogP contribution is -2.25. The summed E-state index contributed by atoms with van der Waals surface area (Å²) in [6.07, 6.45) is 0.827. The zero-order valence-corrected chi connectivity index (χ0v) is 16.8. The van der Waals surface area contributed by atoms with Gasteiger partial charge in [-0.2, -0.15) is 0 Å². The third-order valence-electron chi connectivity index (χ3n) is 3.81.